The van der Waals surface area contributed by atoms with Gasteiger partial charge in [-0.05, 0) is 6.92 Å². The van der Waals surface area contributed by atoms with Crippen LogP contribution in [0.5, 0.6) is 0 Å². The van der Waals surface area contributed by atoms with Gasteiger partial charge in [-0.15, -0.1) is 5.10 Å². The van der Waals surface area contributed by atoms with Gasteiger partial charge in [0.2, 0.25) is 0 Å². The molecule has 0 radical (unpaired) electrons. The molecular weight excluding hydrogens is 222 g/mol. The standard InChI is InChI=1S/C10H13N5O2/c1-4-11-6-5-12-13-8-7(6)9(16)15(3)10(17)14(8)2/h5H,4H2,1-3H3,(H,11,13). The van der Waals surface area contributed by atoms with Crippen molar-refractivity contribution in [3.05, 3.63) is 27.0 Å². The van der Waals surface area contributed by atoms with Crippen molar-refractivity contribution >= 4 is 16.7 Å². The summed E-state index contributed by atoms with van der Waals surface area (Å²) >= 11 is 0. The zero-order chi connectivity index (χ0) is 12.6. The van der Waals surface area contributed by atoms with E-state index in [1.165, 1.54) is 17.8 Å². The first-order valence-electron chi connectivity index (χ1n) is 5.23. The van der Waals surface area contributed by atoms with Gasteiger partial charge in [0.05, 0.1) is 11.9 Å². The first-order chi connectivity index (χ1) is 8.07. The lowest BCUT2D eigenvalue weighted by molar-refractivity contribution is 0.703. The van der Waals surface area contributed by atoms with Gasteiger partial charge in [-0.2, -0.15) is 5.10 Å². The minimum absolute atomic E-state index is 0.288. The highest BCUT2D eigenvalue weighted by molar-refractivity contribution is 5.87. The smallest absolute Gasteiger partial charge is 0.332 e. The number of nitrogens with one attached hydrogen (secondary N) is 1. The zero-order valence-corrected chi connectivity index (χ0v) is 9.89. The molecule has 0 spiro atoms. The van der Waals surface area contributed by atoms with Crippen molar-refractivity contribution in [3.8, 4) is 0 Å². The highest BCUT2D eigenvalue weighted by Crippen LogP contribution is 2.14. The second-order valence-corrected chi connectivity index (χ2v) is 3.69. The maximum atomic E-state index is 12.0. The third-order valence-corrected chi connectivity index (χ3v) is 2.61. The Hall–Kier alpha value is -2.18. The van der Waals surface area contributed by atoms with Gasteiger partial charge < -0.3 is 5.32 Å². The van der Waals surface area contributed by atoms with Gasteiger partial charge in [-0.1, -0.05) is 0 Å². The fourth-order valence-electron chi connectivity index (χ4n) is 1.72. The van der Waals surface area contributed by atoms with Crippen LogP contribution < -0.4 is 16.6 Å². The lowest BCUT2D eigenvalue weighted by Crippen LogP contribution is -2.37. The molecule has 0 aliphatic heterocycles. The predicted molar refractivity (Wildman–Crippen MR) is 64.2 cm³/mol. The van der Waals surface area contributed by atoms with Crippen molar-refractivity contribution in [1.82, 2.24) is 19.3 Å². The fraction of sp³-hybridized carbons (Fsp3) is 0.400. The Balaban J connectivity index is 3.01. The number of aromatic nitrogens is 4. The van der Waals surface area contributed by atoms with Crippen molar-refractivity contribution in [3.63, 3.8) is 0 Å². The van der Waals surface area contributed by atoms with Gasteiger partial charge in [0.25, 0.3) is 5.56 Å². The molecule has 2 rings (SSSR count). The molecule has 1 N–H and O–H groups in total. The van der Waals surface area contributed by atoms with Crippen LogP contribution in [0.2, 0.25) is 0 Å². The van der Waals surface area contributed by atoms with E-state index in [4.69, 9.17) is 0 Å². The third-order valence-electron chi connectivity index (χ3n) is 2.61. The number of fused-ring (bicyclic) bond motifs is 1. The summed E-state index contributed by atoms with van der Waals surface area (Å²) in [5.74, 6) is 0. The predicted octanol–water partition coefficient (Wildman–Crippen LogP) is -0.541. The molecule has 7 nitrogen and oxygen atoms in total. The topological polar surface area (TPSA) is 81.8 Å². The van der Waals surface area contributed by atoms with Gasteiger partial charge >= 0.3 is 5.69 Å². The van der Waals surface area contributed by atoms with Crippen molar-refractivity contribution in [2.75, 3.05) is 11.9 Å². The van der Waals surface area contributed by atoms with Crippen LogP contribution >= 0.6 is 0 Å². The molecule has 0 saturated heterocycles. The summed E-state index contributed by atoms with van der Waals surface area (Å²) < 4.78 is 2.37. The molecule has 0 aromatic carbocycles. The Morgan fingerprint density at radius 2 is 2.00 bits per heavy atom. The van der Waals surface area contributed by atoms with E-state index < -0.39 is 5.69 Å². The van der Waals surface area contributed by atoms with Crippen LogP contribution in [0.25, 0.3) is 11.0 Å². The number of hydrogen-bond donors (Lipinski definition) is 1. The maximum Gasteiger partial charge on any atom is 0.332 e. The monoisotopic (exact) mass is 235 g/mol. The van der Waals surface area contributed by atoms with E-state index >= 15 is 0 Å². The number of hydrogen-bond acceptors (Lipinski definition) is 5. The summed E-state index contributed by atoms with van der Waals surface area (Å²) in [6, 6.07) is 0. The lowest BCUT2D eigenvalue weighted by atomic mass is 10.3. The molecule has 0 unspecified atom stereocenters. The number of nitrogens with zero attached hydrogens (tertiary/aromatic N) is 4. The van der Waals surface area contributed by atoms with Crippen LogP contribution in [-0.2, 0) is 14.1 Å². The van der Waals surface area contributed by atoms with E-state index in [0.717, 1.165) is 4.57 Å². The summed E-state index contributed by atoms with van der Waals surface area (Å²) in [5.41, 5.74) is 0.102. The van der Waals surface area contributed by atoms with Gasteiger partial charge in [-0.3, -0.25) is 13.9 Å². The molecule has 2 heterocycles. The van der Waals surface area contributed by atoms with E-state index in [1.54, 1.807) is 7.05 Å². The third kappa shape index (κ3) is 1.59. The molecule has 0 amide bonds. The summed E-state index contributed by atoms with van der Waals surface area (Å²) in [6.45, 7) is 2.57. The number of anilines is 1. The number of aryl methyl sites for hydroxylation is 1. The van der Waals surface area contributed by atoms with Crippen LogP contribution in [0.3, 0.4) is 0 Å². The second kappa shape index (κ2) is 4.00. The summed E-state index contributed by atoms with van der Waals surface area (Å²) in [4.78, 5) is 23.7. The first-order valence-corrected chi connectivity index (χ1v) is 5.23. The lowest BCUT2D eigenvalue weighted by Gasteiger charge is -2.09. The molecule has 0 fully saturated rings. The summed E-state index contributed by atoms with van der Waals surface area (Å²) in [5, 5.41) is 11.0. The van der Waals surface area contributed by atoms with Gasteiger partial charge in [-0.25, -0.2) is 4.79 Å². The Morgan fingerprint density at radius 1 is 1.29 bits per heavy atom. The van der Waals surface area contributed by atoms with Crippen LogP contribution in [0.4, 0.5) is 5.69 Å². The highest BCUT2D eigenvalue weighted by atomic mass is 16.2. The fourth-order valence-corrected chi connectivity index (χ4v) is 1.72. The van der Waals surface area contributed by atoms with Crippen LogP contribution in [0, 0.1) is 0 Å². The van der Waals surface area contributed by atoms with Crippen molar-refractivity contribution in [2.24, 2.45) is 14.1 Å². The Morgan fingerprint density at radius 3 is 2.65 bits per heavy atom. The van der Waals surface area contributed by atoms with E-state index in [-0.39, 0.29) is 11.2 Å². The average molecular weight is 235 g/mol. The molecule has 0 atom stereocenters. The van der Waals surface area contributed by atoms with Crippen LogP contribution in [0.15, 0.2) is 15.8 Å². The minimum atomic E-state index is -0.412. The summed E-state index contributed by atoms with van der Waals surface area (Å²) in [7, 11) is 3.01. The molecule has 90 valence electrons. The Kier molecular flexibility index (Phi) is 2.66. The molecule has 2 aromatic rings. The molecule has 7 heteroatoms. The molecule has 0 bridgehead atoms. The van der Waals surface area contributed by atoms with Gasteiger partial charge in [0, 0.05) is 20.6 Å². The zero-order valence-electron chi connectivity index (χ0n) is 9.89. The largest absolute Gasteiger partial charge is 0.383 e. The highest BCUT2D eigenvalue weighted by Gasteiger charge is 2.13. The van der Waals surface area contributed by atoms with E-state index in [9.17, 15) is 9.59 Å². The molecule has 0 saturated carbocycles. The summed E-state index contributed by atoms with van der Waals surface area (Å²) in [6.07, 6.45) is 1.48. The van der Waals surface area contributed by atoms with E-state index in [1.807, 2.05) is 6.92 Å². The van der Waals surface area contributed by atoms with Crippen molar-refractivity contribution in [2.45, 2.75) is 6.92 Å². The number of rotatable bonds is 2. The second-order valence-electron chi connectivity index (χ2n) is 3.69. The quantitative estimate of drug-likeness (QED) is 0.756. The molecular formula is C10H13N5O2. The van der Waals surface area contributed by atoms with Gasteiger partial charge in [0.15, 0.2) is 5.65 Å². The maximum absolute atomic E-state index is 12.0. The average Bonchev–Trinajstić information content (AvgIpc) is 2.34. The molecule has 0 aliphatic rings. The van der Waals surface area contributed by atoms with Gasteiger partial charge in [0.1, 0.15) is 5.39 Å². The molecule has 17 heavy (non-hydrogen) atoms. The Bertz CT molecular complexity index is 685. The van der Waals surface area contributed by atoms with Crippen LogP contribution in [0.1, 0.15) is 6.92 Å². The Labute approximate surface area is 96.7 Å². The van der Waals surface area contributed by atoms with Crippen LogP contribution in [-0.4, -0.2) is 25.9 Å². The van der Waals surface area contributed by atoms with E-state index in [0.29, 0.717) is 17.6 Å². The van der Waals surface area contributed by atoms with Crippen molar-refractivity contribution in [1.29, 1.82) is 0 Å². The minimum Gasteiger partial charge on any atom is -0.383 e. The first kappa shape index (κ1) is 11.3. The van der Waals surface area contributed by atoms with E-state index in [2.05, 4.69) is 15.5 Å². The van der Waals surface area contributed by atoms with Crippen molar-refractivity contribution < 1.29 is 0 Å². The normalized spacial score (nSPS) is 10.8. The molecule has 2 aromatic heterocycles. The molecule has 0 aliphatic carbocycles. The SMILES string of the molecule is CCNc1cnnc2c1c(=O)n(C)c(=O)n2C.